The number of para-hydroxylation sites is 3. The van der Waals surface area contributed by atoms with E-state index in [4.69, 9.17) is 4.74 Å². The molecule has 0 aliphatic rings. The Morgan fingerprint density at radius 3 is 2.32 bits per heavy atom. The van der Waals surface area contributed by atoms with Gasteiger partial charge in [0.1, 0.15) is 11.6 Å². The predicted molar refractivity (Wildman–Crippen MR) is 124 cm³/mol. The van der Waals surface area contributed by atoms with E-state index in [1.54, 1.807) is 7.11 Å². The lowest BCUT2D eigenvalue weighted by Crippen LogP contribution is -2.23. The van der Waals surface area contributed by atoms with Crippen LogP contribution in [0.25, 0.3) is 33.2 Å². The van der Waals surface area contributed by atoms with Gasteiger partial charge in [-0.1, -0.05) is 30.3 Å². The third kappa shape index (κ3) is 3.57. The molecule has 0 aliphatic carbocycles. The zero-order valence-electron chi connectivity index (χ0n) is 17.7. The van der Waals surface area contributed by atoms with Crippen molar-refractivity contribution in [1.82, 2.24) is 14.1 Å². The number of hydrogen-bond acceptors (Lipinski definition) is 3. The molecule has 5 aromatic rings. The van der Waals surface area contributed by atoms with Gasteiger partial charge in [-0.3, -0.25) is 0 Å². The Hall–Kier alpha value is -3.57. The van der Waals surface area contributed by atoms with Crippen molar-refractivity contribution in [3.8, 4) is 17.0 Å². The fourth-order valence-electron chi connectivity index (χ4n) is 4.31. The average molecular weight is 412 g/mol. The van der Waals surface area contributed by atoms with Crippen LogP contribution in [0.2, 0.25) is 0 Å². The maximum absolute atomic E-state index is 11.1. The molecule has 0 aliphatic heterocycles. The van der Waals surface area contributed by atoms with Crippen LogP contribution < -0.4 is 4.74 Å². The summed E-state index contributed by atoms with van der Waals surface area (Å²) in [6.07, 6.45) is -0.566. The topological polar surface area (TPSA) is 52.2 Å². The van der Waals surface area contributed by atoms with Gasteiger partial charge in [-0.25, -0.2) is 4.98 Å². The van der Waals surface area contributed by atoms with Crippen LogP contribution in [0.1, 0.15) is 5.82 Å². The molecule has 5 nitrogen and oxygen atoms in total. The number of rotatable bonds is 6. The average Bonchev–Trinajstić information content (AvgIpc) is 3.31. The van der Waals surface area contributed by atoms with E-state index in [1.807, 2.05) is 49.4 Å². The zero-order chi connectivity index (χ0) is 21.4. The second kappa shape index (κ2) is 7.93. The maximum atomic E-state index is 11.1. The first kappa shape index (κ1) is 19.4. The van der Waals surface area contributed by atoms with Crippen molar-refractivity contribution in [3.63, 3.8) is 0 Å². The number of fused-ring (bicyclic) bond motifs is 2. The van der Waals surface area contributed by atoms with Gasteiger partial charge in [-0.2, -0.15) is 0 Å². The van der Waals surface area contributed by atoms with Crippen molar-refractivity contribution < 1.29 is 9.84 Å². The monoisotopic (exact) mass is 411 g/mol. The van der Waals surface area contributed by atoms with Crippen molar-refractivity contribution in [1.29, 1.82) is 0 Å². The van der Waals surface area contributed by atoms with E-state index in [9.17, 15) is 5.11 Å². The quantitative estimate of drug-likeness (QED) is 0.426. The minimum Gasteiger partial charge on any atom is -0.497 e. The van der Waals surface area contributed by atoms with E-state index in [0.29, 0.717) is 13.1 Å². The van der Waals surface area contributed by atoms with Gasteiger partial charge in [0, 0.05) is 16.6 Å². The van der Waals surface area contributed by atoms with Crippen molar-refractivity contribution in [2.45, 2.75) is 26.1 Å². The van der Waals surface area contributed by atoms with Gasteiger partial charge in [0.15, 0.2) is 0 Å². The summed E-state index contributed by atoms with van der Waals surface area (Å²) in [5.41, 5.74) is 5.28. The van der Waals surface area contributed by atoms with Crippen LogP contribution >= 0.6 is 0 Å². The minimum absolute atomic E-state index is 0.487. The van der Waals surface area contributed by atoms with Crippen LogP contribution in [0.15, 0.2) is 78.9 Å². The first-order chi connectivity index (χ1) is 15.1. The molecule has 0 amide bonds. The lowest BCUT2D eigenvalue weighted by Gasteiger charge is -2.18. The SMILES string of the molecule is COc1ccc(-c2cc3ccccc3n2C[C@@H](O)Cn2c(C)nc3ccccc32)cc1. The first-order valence-corrected chi connectivity index (χ1v) is 10.5. The molecular weight excluding hydrogens is 386 g/mol. The second-order valence-electron chi connectivity index (χ2n) is 7.84. The van der Waals surface area contributed by atoms with Gasteiger partial charge in [0.05, 0.1) is 37.3 Å². The van der Waals surface area contributed by atoms with Crippen molar-refractivity contribution in [3.05, 3.63) is 84.7 Å². The molecule has 0 spiro atoms. The Kier molecular flexibility index (Phi) is 4.96. The number of nitrogens with zero attached hydrogens (tertiary/aromatic N) is 3. The standard InChI is InChI=1S/C26H25N3O2/c1-18-27-23-8-4-6-10-25(23)28(18)16-21(30)17-29-24-9-5-3-7-20(24)15-26(29)19-11-13-22(31-2)14-12-19/h3-15,21,30H,16-17H2,1-2H3/t21-/m0/s1. The number of methoxy groups -OCH3 is 1. The van der Waals surface area contributed by atoms with Crippen LogP contribution in [0, 0.1) is 6.92 Å². The van der Waals surface area contributed by atoms with E-state index >= 15 is 0 Å². The first-order valence-electron chi connectivity index (χ1n) is 10.5. The van der Waals surface area contributed by atoms with Crippen LogP contribution in [-0.4, -0.2) is 32.4 Å². The van der Waals surface area contributed by atoms with Crippen molar-refractivity contribution in [2.75, 3.05) is 7.11 Å². The number of imidazole rings is 1. The van der Waals surface area contributed by atoms with E-state index in [-0.39, 0.29) is 0 Å². The highest BCUT2D eigenvalue weighted by Crippen LogP contribution is 2.30. The number of aryl methyl sites for hydroxylation is 1. The number of ether oxygens (including phenoxy) is 1. The predicted octanol–water partition coefficient (Wildman–Crippen LogP) is 5.04. The third-order valence-electron chi connectivity index (χ3n) is 5.83. The van der Waals surface area contributed by atoms with Crippen LogP contribution in [-0.2, 0) is 13.1 Å². The second-order valence-corrected chi connectivity index (χ2v) is 7.84. The summed E-state index contributed by atoms with van der Waals surface area (Å²) in [6, 6.07) is 26.6. The van der Waals surface area contributed by atoms with E-state index in [2.05, 4.69) is 50.5 Å². The molecular formula is C26H25N3O2. The Morgan fingerprint density at radius 1 is 0.871 bits per heavy atom. The largest absolute Gasteiger partial charge is 0.497 e. The minimum atomic E-state index is -0.566. The molecule has 156 valence electrons. The highest BCUT2D eigenvalue weighted by atomic mass is 16.5. The smallest absolute Gasteiger partial charge is 0.118 e. The summed E-state index contributed by atoms with van der Waals surface area (Å²) in [5, 5.41) is 12.3. The lowest BCUT2D eigenvalue weighted by atomic mass is 10.1. The zero-order valence-corrected chi connectivity index (χ0v) is 17.7. The summed E-state index contributed by atoms with van der Waals surface area (Å²) in [6.45, 7) is 2.96. The molecule has 1 N–H and O–H groups in total. The number of aromatic nitrogens is 3. The summed E-state index contributed by atoms with van der Waals surface area (Å²) >= 11 is 0. The molecule has 0 unspecified atom stereocenters. The summed E-state index contributed by atoms with van der Waals surface area (Å²) in [7, 11) is 1.67. The van der Waals surface area contributed by atoms with Crippen molar-refractivity contribution in [2.24, 2.45) is 0 Å². The molecule has 0 saturated heterocycles. The highest BCUT2D eigenvalue weighted by molar-refractivity contribution is 5.87. The Bertz CT molecular complexity index is 1350. The summed E-state index contributed by atoms with van der Waals surface area (Å²) in [5.74, 6) is 1.74. The fraction of sp³-hybridized carbons (Fsp3) is 0.192. The van der Waals surface area contributed by atoms with Crippen LogP contribution in [0.3, 0.4) is 0 Å². The maximum Gasteiger partial charge on any atom is 0.118 e. The van der Waals surface area contributed by atoms with Crippen LogP contribution in [0.5, 0.6) is 5.75 Å². The number of aliphatic hydroxyl groups is 1. The Balaban J connectivity index is 1.51. The lowest BCUT2D eigenvalue weighted by molar-refractivity contribution is 0.137. The molecule has 0 radical (unpaired) electrons. The van der Waals surface area contributed by atoms with E-state index in [0.717, 1.165) is 44.8 Å². The molecule has 2 heterocycles. The Morgan fingerprint density at radius 2 is 1.55 bits per heavy atom. The van der Waals surface area contributed by atoms with E-state index < -0.39 is 6.10 Å². The van der Waals surface area contributed by atoms with Crippen LogP contribution in [0.4, 0.5) is 0 Å². The Labute approximate surface area is 181 Å². The molecule has 0 fully saturated rings. The number of benzene rings is 3. The molecule has 5 heteroatoms. The van der Waals surface area contributed by atoms with Gasteiger partial charge in [-0.05, 0) is 61.0 Å². The summed E-state index contributed by atoms with van der Waals surface area (Å²) in [4.78, 5) is 4.63. The van der Waals surface area contributed by atoms with Gasteiger partial charge in [0.2, 0.25) is 0 Å². The molecule has 5 rings (SSSR count). The molecule has 2 aromatic heterocycles. The van der Waals surface area contributed by atoms with Gasteiger partial charge >= 0.3 is 0 Å². The van der Waals surface area contributed by atoms with Crippen molar-refractivity contribution >= 4 is 21.9 Å². The molecule has 3 aromatic carbocycles. The summed E-state index contributed by atoms with van der Waals surface area (Å²) < 4.78 is 9.61. The molecule has 1 atom stereocenters. The number of hydrogen-bond donors (Lipinski definition) is 1. The van der Waals surface area contributed by atoms with Gasteiger partial charge < -0.3 is 19.0 Å². The fourth-order valence-corrected chi connectivity index (χ4v) is 4.31. The van der Waals surface area contributed by atoms with E-state index in [1.165, 1.54) is 0 Å². The normalized spacial score (nSPS) is 12.5. The third-order valence-corrected chi connectivity index (χ3v) is 5.83. The van der Waals surface area contributed by atoms with Gasteiger partial charge in [-0.15, -0.1) is 0 Å². The highest BCUT2D eigenvalue weighted by Gasteiger charge is 2.16. The molecule has 31 heavy (non-hydrogen) atoms. The molecule has 0 saturated carbocycles. The molecule has 0 bridgehead atoms. The number of aliphatic hydroxyl groups excluding tert-OH is 1. The van der Waals surface area contributed by atoms with Gasteiger partial charge in [0.25, 0.3) is 0 Å².